The molecule has 1 aliphatic rings. The molecule has 2 rings (SSSR count). The molecule has 1 aromatic rings. The Labute approximate surface area is 121 Å². The van der Waals surface area contributed by atoms with Crippen LogP contribution in [0.2, 0.25) is 0 Å². The van der Waals surface area contributed by atoms with E-state index in [1.54, 1.807) is 12.1 Å². The number of nitrogens with one attached hydrogen (secondary N) is 1. The monoisotopic (exact) mass is 348 g/mol. The number of halogens is 1. The fraction of sp³-hybridized carbons (Fsp3) is 0.500. The van der Waals surface area contributed by atoms with Crippen molar-refractivity contribution in [1.82, 2.24) is 4.72 Å². The Bertz CT molecular complexity index is 570. The van der Waals surface area contributed by atoms with Gasteiger partial charge in [0.2, 0.25) is 10.0 Å². The Balaban J connectivity index is 2.21. The standard InChI is InChI=1S/C12H17BrN2O3S/c1-18-10-4-3-9(13)7-11(10)19(16,17)15-8-12(14)5-2-6-12/h3-4,7,15H,2,5-6,8,14H2,1H3. The zero-order chi connectivity index (χ0) is 14.1. The summed E-state index contributed by atoms with van der Waals surface area (Å²) < 4.78 is 32.9. The van der Waals surface area contributed by atoms with Gasteiger partial charge in [-0.2, -0.15) is 0 Å². The molecule has 0 amide bonds. The third kappa shape index (κ3) is 3.28. The van der Waals surface area contributed by atoms with Gasteiger partial charge < -0.3 is 10.5 Å². The van der Waals surface area contributed by atoms with Crippen LogP contribution in [0, 0.1) is 0 Å². The van der Waals surface area contributed by atoms with Crippen molar-refractivity contribution in [2.45, 2.75) is 29.7 Å². The van der Waals surface area contributed by atoms with Crippen molar-refractivity contribution in [3.05, 3.63) is 22.7 Å². The maximum atomic E-state index is 12.3. The summed E-state index contributed by atoms with van der Waals surface area (Å²) in [6.45, 7) is 0.255. The zero-order valence-electron chi connectivity index (χ0n) is 10.6. The van der Waals surface area contributed by atoms with Crippen LogP contribution in [-0.2, 0) is 10.0 Å². The summed E-state index contributed by atoms with van der Waals surface area (Å²) in [7, 11) is -2.18. The molecule has 1 fully saturated rings. The third-order valence-corrected chi connectivity index (χ3v) is 5.29. The Kier molecular flexibility index (Phi) is 4.20. The second-order valence-electron chi connectivity index (χ2n) is 4.84. The molecule has 5 nitrogen and oxygen atoms in total. The summed E-state index contributed by atoms with van der Waals surface area (Å²) in [6, 6.07) is 4.86. The van der Waals surface area contributed by atoms with Crippen LogP contribution in [0.3, 0.4) is 0 Å². The lowest BCUT2D eigenvalue weighted by atomic mass is 9.78. The van der Waals surface area contributed by atoms with Crippen molar-refractivity contribution in [3.63, 3.8) is 0 Å². The minimum Gasteiger partial charge on any atom is -0.495 e. The molecule has 19 heavy (non-hydrogen) atoms. The van der Waals surface area contributed by atoms with Crippen LogP contribution in [0.5, 0.6) is 5.75 Å². The predicted octanol–water partition coefficient (Wildman–Crippen LogP) is 1.62. The van der Waals surface area contributed by atoms with Crippen LogP contribution in [0.4, 0.5) is 0 Å². The first-order chi connectivity index (χ1) is 8.86. The fourth-order valence-electron chi connectivity index (χ4n) is 1.98. The summed E-state index contributed by atoms with van der Waals surface area (Å²) in [4.78, 5) is 0.118. The molecule has 7 heteroatoms. The number of methoxy groups -OCH3 is 1. The van der Waals surface area contributed by atoms with Gasteiger partial charge in [0.15, 0.2) is 0 Å². The van der Waals surface area contributed by atoms with Gasteiger partial charge >= 0.3 is 0 Å². The maximum absolute atomic E-state index is 12.3. The number of nitrogens with two attached hydrogens (primary N) is 1. The van der Waals surface area contributed by atoms with E-state index in [2.05, 4.69) is 20.7 Å². The zero-order valence-corrected chi connectivity index (χ0v) is 13.1. The number of rotatable bonds is 5. The van der Waals surface area contributed by atoms with Gasteiger partial charge in [0.05, 0.1) is 7.11 Å². The Morgan fingerprint density at radius 3 is 2.68 bits per heavy atom. The highest BCUT2D eigenvalue weighted by atomic mass is 79.9. The van der Waals surface area contributed by atoms with Crippen LogP contribution < -0.4 is 15.2 Å². The van der Waals surface area contributed by atoms with Crippen molar-refractivity contribution in [2.24, 2.45) is 5.73 Å². The van der Waals surface area contributed by atoms with E-state index in [0.717, 1.165) is 19.3 Å². The molecule has 0 radical (unpaired) electrons. The molecule has 0 bridgehead atoms. The lowest BCUT2D eigenvalue weighted by Gasteiger charge is -2.38. The molecule has 0 unspecified atom stereocenters. The number of benzene rings is 1. The molecule has 0 atom stereocenters. The summed E-state index contributed by atoms with van der Waals surface area (Å²) in [5.74, 6) is 0.315. The van der Waals surface area contributed by atoms with E-state index in [4.69, 9.17) is 10.5 Å². The van der Waals surface area contributed by atoms with E-state index in [1.165, 1.54) is 13.2 Å². The molecule has 0 spiro atoms. The van der Waals surface area contributed by atoms with E-state index in [9.17, 15) is 8.42 Å². The summed E-state index contributed by atoms with van der Waals surface area (Å²) in [6.07, 6.45) is 2.76. The minimum absolute atomic E-state index is 0.118. The van der Waals surface area contributed by atoms with Crippen LogP contribution >= 0.6 is 15.9 Å². The quantitative estimate of drug-likeness (QED) is 0.846. The highest BCUT2D eigenvalue weighted by Gasteiger charge is 2.34. The molecule has 1 aromatic carbocycles. The highest BCUT2D eigenvalue weighted by Crippen LogP contribution is 2.30. The first kappa shape index (κ1) is 14.8. The normalized spacial score (nSPS) is 17.8. The van der Waals surface area contributed by atoms with Gasteiger partial charge in [0.1, 0.15) is 10.6 Å². The Morgan fingerprint density at radius 1 is 1.47 bits per heavy atom. The van der Waals surface area contributed by atoms with Gasteiger partial charge in [-0.15, -0.1) is 0 Å². The number of hydrogen-bond donors (Lipinski definition) is 2. The van der Waals surface area contributed by atoms with Gasteiger partial charge in [-0.05, 0) is 37.5 Å². The van der Waals surface area contributed by atoms with E-state index >= 15 is 0 Å². The third-order valence-electron chi connectivity index (χ3n) is 3.38. The number of ether oxygens (including phenoxy) is 1. The molecular weight excluding hydrogens is 332 g/mol. The van der Waals surface area contributed by atoms with E-state index < -0.39 is 15.6 Å². The highest BCUT2D eigenvalue weighted by molar-refractivity contribution is 9.10. The smallest absolute Gasteiger partial charge is 0.244 e. The average molecular weight is 349 g/mol. The van der Waals surface area contributed by atoms with Gasteiger partial charge in [-0.1, -0.05) is 15.9 Å². The van der Waals surface area contributed by atoms with Crippen molar-refractivity contribution < 1.29 is 13.2 Å². The van der Waals surface area contributed by atoms with Crippen molar-refractivity contribution >= 4 is 26.0 Å². The summed E-state index contributed by atoms with van der Waals surface area (Å²) in [5, 5.41) is 0. The topological polar surface area (TPSA) is 81.4 Å². The van der Waals surface area contributed by atoms with Crippen molar-refractivity contribution in [1.29, 1.82) is 0 Å². The van der Waals surface area contributed by atoms with Crippen LogP contribution in [0.1, 0.15) is 19.3 Å². The lowest BCUT2D eigenvalue weighted by molar-refractivity contribution is 0.251. The average Bonchev–Trinajstić information content (AvgIpc) is 2.34. The van der Waals surface area contributed by atoms with Crippen molar-refractivity contribution in [3.8, 4) is 5.75 Å². The van der Waals surface area contributed by atoms with Gasteiger partial charge in [0.25, 0.3) is 0 Å². The molecule has 0 aliphatic heterocycles. The molecule has 1 aliphatic carbocycles. The molecular formula is C12H17BrN2O3S. The van der Waals surface area contributed by atoms with Crippen LogP contribution in [-0.4, -0.2) is 27.6 Å². The summed E-state index contributed by atoms with van der Waals surface area (Å²) in [5.41, 5.74) is 5.62. The first-order valence-electron chi connectivity index (χ1n) is 5.98. The minimum atomic E-state index is -3.62. The predicted molar refractivity (Wildman–Crippen MR) is 76.7 cm³/mol. The molecule has 3 N–H and O–H groups in total. The first-order valence-corrected chi connectivity index (χ1v) is 8.26. The van der Waals surface area contributed by atoms with Crippen LogP contribution in [0.25, 0.3) is 0 Å². The second-order valence-corrected chi connectivity index (χ2v) is 7.49. The molecule has 0 heterocycles. The Morgan fingerprint density at radius 2 is 2.16 bits per heavy atom. The van der Waals surface area contributed by atoms with Gasteiger partial charge in [0, 0.05) is 16.6 Å². The molecule has 106 valence electrons. The van der Waals surface area contributed by atoms with E-state index in [1.807, 2.05) is 0 Å². The Hall–Kier alpha value is -0.630. The van der Waals surface area contributed by atoms with E-state index in [-0.39, 0.29) is 11.4 Å². The summed E-state index contributed by atoms with van der Waals surface area (Å²) >= 11 is 3.26. The van der Waals surface area contributed by atoms with Gasteiger partial charge in [-0.3, -0.25) is 0 Å². The molecule has 1 saturated carbocycles. The molecule has 0 saturated heterocycles. The van der Waals surface area contributed by atoms with Crippen LogP contribution in [0.15, 0.2) is 27.6 Å². The lowest BCUT2D eigenvalue weighted by Crippen LogP contribution is -2.54. The number of hydrogen-bond acceptors (Lipinski definition) is 4. The van der Waals surface area contributed by atoms with E-state index in [0.29, 0.717) is 10.2 Å². The van der Waals surface area contributed by atoms with Crippen molar-refractivity contribution in [2.75, 3.05) is 13.7 Å². The van der Waals surface area contributed by atoms with Gasteiger partial charge in [-0.25, -0.2) is 13.1 Å². The SMILES string of the molecule is COc1ccc(Br)cc1S(=O)(=O)NCC1(N)CCC1. The maximum Gasteiger partial charge on any atom is 0.244 e. The molecule has 0 aromatic heterocycles. The largest absolute Gasteiger partial charge is 0.495 e. The number of sulfonamides is 1. The fourth-order valence-corrected chi connectivity index (χ4v) is 3.83. The second kappa shape index (κ2) is 5.40.